The maximum Gasteiger partial charge on any atom is 0.297 e. The first-order valence-electron chi connectivity index (χ1n) is 7.16. The maximum atomic E-state index is 12.5. The molecule has 3 aromatic rings. The van der Waals surface area contributed by atoms with E-state index in [1.807, 2.05) is 42.5 Å². The summed E-state index contributed by atoms with van der Waals surface area (Å²) in [6.45, 7) is 2.62. The van der Waals surface area contributed by atoms with Crippen LogP contribution in [0.4, 0.5) is 5.82 Å². The Kier molecular flexibility index (Phi) is 4.01. The number of nitrogens with zero attached hydrogens (tertiary/aromatic N) is 2. The van der Waals surface area contributed by atoms with E-state index < -0.39 is 0 Å². The van der Waals surface area contributed by atoms with Crippen LogP contribution in [0.1, 0.15) is 11.1 Å². The number of aromatic nitrogens is 2. The monoisotopic (exact) mass is 291 g/mol. The van der Waals surface area contributed by atoms with Gasteiger partial charge in [0, 0.05) is 24.6 Å². The number of hydrogen-bond donors (Lipinski definition) is 1. The quantitative estimate of drug-likeness (QED) is 0.803. The lowest BCUT2D eigenvalue weighted by Gasteiger charge is -2.09. The highest BCUT2D eigenvalue weighted by Crippen LogP contribution is 2.07. The molecule has 0 aliphatic heterocycles. The first-order chi connectivity index (χ1) is 10.7. The van der Waals surface area contributed by atoms with Crippen LogP contribution in [0.3, 0.4) is 0 Å². The summed E-state index contributed by atoms with van der Waals surface area (Å²) in [6.07, 6.45) is 3.31. The molecular weight excluding hydrogens is 274 g/mol. The van der Waals surface area contributed by atoms with E-state index in [9.17, 15) is 4.79 Å². The van der Waals surface area contributed by atoms with Crippen LogP contribution in [-0.4, -0.2) is 9.55 Å². The van der Waals surface area contributed by atoms with Gasteiger partial charge in [0.2, 0.25) is 0 Å². The van der Waals surface area contributed by atoms with Crippen molar-refractivity contribution in [1.82, 2.24) is 9.55 Å². The van der Waals surface area contributed by atoms with Gasteiger partial charge in [-0.1, -0.05) is 48.0 Å². The van der Waals surface area contributed by atoms with Crippen molar-refractivity contribution in [2.75, 3.05) is 5.32 Å². The molecule has 2 aromatic carbocycles. The Bertz CT molecular complexity index is 808. The lowest BCUT2D eigenvalue weighted by atomic mass is 10.1. The number of benzene rings is 2. The summed E-state index contributed by atoms with van der Waals surface area (Å²) in [7, 11) is 0. The van der Waals surface area contributed by atoms with Gasteiger partial charge < -0.3 is 5.32 Å². The van der Waals surface area contributed by atoms with Crippen molar-refractivity contribution in [2.24, 2.45) is 0 Å². The van der Waals surface area contributed by atoms with E-state index in [0.717, 1.165) is 11.3 Å². The smallest absolute Gasteiger partial charge is 0.297 e. The van der Waals surface area contributed by atoms with Gasteiger partial charge in [-0.2, -0.15) is 0 Å². The molecule has 0 spiro atoms. The van der Waals surface area contributed by atoms with E-state index in [4.69, 9.17) is 0 Å². The Morgan fingerprint density at radius 2 is 1.77 bits per heavy atom. The van der Waals surface area contributed by atoms with Gasteiger partial charge in [0.15, 0.2) is 5.82 Å². The van der Waals surface area contributed by atoms with Crippen LogP contribution in [-0.2, 0) is 6.54 Å². The molecule has 1 heterocycles. The standard InChI is InChI=1S/C18H17N3O/c1-14-7-9-15(10-8-14)13-20-17-18(22)21(12-11-19-17)16-5-3-2-4-6-16/h2-12H,13H2,1H3,(H,19,20). The van der Waals surface area contributed by atoms with Crippen LogP contribution in [0.5, 0.6) is 0 Å². The van der Waals surface area contributed by atoms with Crippen molar-refractivity contribution in [2.45, 2.75) is 13.5 Å². The number of aryl methyl sites for hydroxylation is 1. The van der Waals surface area contributed by atoms with E-state index in [-0.39, 0.29) is 5.56 Å². The molecule has 1 aromatic heterocycles. The lowest BCUT2D eigenvalue weighted by molar-refractivity contribution is 0.944. The maximum absolute atomic E-state index is 12.5. The summed E-state index contributed by atoms with van der Waals surface area (Å²) in [5.41, 5.74) is 3.00. The lowest BCUT2D eigenvalue weighted by Crippen LogP contribution is -2.22. The zero-order chi connectivity index (χ0) is 15.4. The molecule has 0 fully saturated rings. The molecule has 0 saturated heterocycles. The number of nitrogens with one attached hydrogen (secondary N) is 1. The minimum atomic E-state index is -0.152. The van der Waals surface area contributed by atoms with Gasteiger partial charge >= 0.3 is 0 Å². The molecule has 22 heavy (non-hydrogen) atoms. The Hall–Kier alpha value is -2.88. The number of para-hydroxylation sites is 1. The third kappa shape index (κ3) is 3.06. The molecular formula is C18H17N3O. The molecule has 1 N–H and O–H groups in total. The van der Waals surface area contributed by atoms with Gasteiger partial charge in [-0.05, 0) is 24.6 Å². The summed E-state index contributed by atoms with van der Waals surface area (Å²) >= 11 is 0. The number of rotatable bonds is 4. The number of anilines is 1. The highest BCUT2D eigenvalue weighted by molar-refractivity contribution is 5.38. The van der Waals surface area contributed by atoms with Gasteiger partial charge in [0.1, 0.15) is 0 Å². The SMILES string of the molecule is Cc1ccc(CNc2nccn(-c3ccccc3)c2=O)cc1. The van der Waals surface area contributed by atoms with Crippen LogP contribution >= 0.6 is 0 Å². The Balaban J connectivity index is 1.83. The minimum absolute atomic E-state index is 0.152. The predicted molar refractivity (Wildman–Crippen MR) is 88.3 cm³/mol. The second kappa shape index (κ2) is 6.26. The molecule has 4 nitrogen and oxygen atoms in total. The van der Waals surface area contributed by atoms with Crippen molar-refractivity contribution >= 4 is 5.82 Å². The van der Waals surface area contributed by atoms with Gasteiger partial charge in [0.25, 0.3) is 5.56 Å². The zero-order valence-corrected chi connectivity index (χ0v) is 12.4. The van der Waals surface area contributed by atoms with Crippen LogP contribution in [0, 0.1) is 6.92 Å². The fourth-order valence-electron chi connectivity index (χ4n) is 2.22. The Morgan fingerprint density at radius 3 is 2.50 bits per heavy atom. The molecule has 0 bridgehead atoms. The van der Waals surface area contributed by atoms with Gasteiger partial charge in [-0.3, -0.25) is 9.36 Å². The van der Waals surface area contributed by atoms with Crippen molar-refractivity contribution in [1.29, 1.82) is 0 Å². The van der Waals surface area contributed by atoms with Crippen molar-refractivity contribution < 1.29 is 0 Å². The molecule has 0 unspecified atom stereocenters. The van der Waals surface area contributed by atoms with Crippen molar-refractivity contribution in [3.8, 4) is 5.69 Å². The van der Waals surface area contributed by atoms with E-state index in [2.05, 4.69) is 29.4 Å². The van der Waals surface area contributed by atoms with Gasteiger partial charge in [-0.15, -0.1) is 0 Å². The highest BCUT2D eigenvalue weighted by Gasteiger charge is 2.05. The Morgan fingerprint density at radius 1 is 1.05 bits per heavy atom. The fraction of sp³-hybridized carbons (Fsp3) is 0.111. The van der Waals surface area contributed by atoms with E-state index >= 15 is 0 Å². The topological polar surface area (TPSA) is 46.9 Å². The second-order valence-electron chi connectivity index (χ2n) is 5.13. The first kappa shape index (κ1) is 14.1. The largest absolute Gasteiger partial charge is 0.361 e. The normalized spacial score (nSPS) is 10.4. The molecule has 110 valence electrons. The van der Waals surface area contributed by atoms with Crippen LogP contribution in [0.15, 0.2) is 71.8 Å². The van der Waals surface area contributed by atoms with E-state index in [0.29, 0.717) is 12.4 Å². The minimum Gasteiger partial charge on any atom is -0.361 e. The highest BCUT2D eigenvalue weighted by atomic mass is 16.1. The van der Waals surface area contributed by atoms with Crippen LogP contribution in [0.2, 0.25) is 0 Å². The molecule has 0 aliphatic carbocycles. The zero-order valence-electron chi connectivity index (χ0n) is 12.4. The fourth-order valence-corrected chi connectivity index (χ4v) is 2.22. The second-order valence-corrected chi connectivity index (χ2v) is 5.13. The molecule has 0 amide bonds. The molecule has 0 atom stereocenters. The molecule has 0 radical (unpaired) electrons. The van der Waals surface area contributed by atoms with Crippen molar-refractivity contribution in [3.63, 3.8) is 0 Å². The molecule has 0 aliphatic rings. The predicted octanol–water partition coefficient (Wildman–Crippen LogP) is 3.15. The Labute approximate surface area is 129 Å². The average molecular weight is 291 g/mol. The van der Waals surface area contributed by atoms with Crippen molar-refractivity contribution in [3.05, 3.63) is 88.5 Å². The van der Waals surface area contributed by atoms with E-state index in [1.165, 1.54) is 5.56 Å². The third-order valence-corrected chi connectivity index (χ3v) is 3.46. The summed E-state index contributed by atoms with van der Waals surface area (Å²) in [5, 5.41) is 3.11. The summed E-state index contributed by atoms with van der Waals surface area (Å²) in [4.78, 5) is 16.6. The summed E-state index contributed by atoms with van der Waals surface area (Å²) in [5.74, 6) is 0.354. The van der Waals surface area contributed by atoms with Gasteiger partial charge in [-0.25, -0.2) is 4.98 Å². The molecule has 3 rings (SSSR count). The number of hydrogen-bond acceptors (Lipinski definition) is 3. The average Bonchev–Trinajstić information content (AvgIpc) is 2.56. The molecule has 0 saturated carbocycles. The van der Waals surface area contributed by atoms with E-state index in [1.54, 1.807) is 17.0 Å². The van der Waals surface area contributed by atoms with Gasteiger partial charge in [0.05, 0.1) is 0 Å². The van der Waals surface area contributed by atoms with Crippen LogP contribution < -0.4 is 10.9 Å². The first-order valence-corrected chi connectivity index (χ1v) is 7.16. The summed E-state index contributed by atoms with van der Waals surface area (Å²) in [6, 6.07) is 17.7. The molecule has 4 heteroatoms. The summed E-state index contributed by atoms with van der Waals surface area (Å²) < 4.78 is 1.59. The van der Waals surface area contributed by atoms with Crippen LogP contribution in [0.25, 0.3) is 5.69 Å². The third-order valence-electron chi connectivity index (χ3n) is 3.46.